The van der Waals surface area contributed by atoms with Crippen molar-refractivity contribution in [3.63, 3.8) is 0 Å². The third-order valence-corrected chi connectivity index (χ3v) is 5.72. The predicted octanol–water partition coefficient (Wildman–Crippen LogP) is 1.66. The number of hydrogen-bond donors (Lipinski definition) is 2. The molecule has 0 spiro atoms. The molecule has 1 heterocycles. The summed E-state index contributed by atoms with van der Waals surface area (Å²) < 4.78 is 30.7. The molecule has 0 bridgehead atoms. The molecule has 5 nitrogen and oxygen atoms in total. The Bertz CT molecular complexity index is 567. The summed E-state index contributed by atoms with van der Waals surface area (Å²) in [5.74, 6) is -0.871. The fraction of sp³-hybridized carbons (Fsp3) is 0.500. The fourth-order valence-corrected chi connectivity index (χ4v) is 3.85. The summed E-state index contributed by atoms with van der Waals surface area (Å²) in [6.45, 7) is 4.03. The summed E-state index contributed by atoms with van der Waals surface area (Å²) in [5.41, 5.74) is 6.10. The van der Waals surface area contributed by atoms with E-state index < -0.39 is 27.8 Å². The highest BCUT2D eigenvalue weighted by Crippen LogP contribution is 2.23. The van der Waals surface area contributed by atoms with E-state index in [0.717, 1.165) is 6.07 Å². The van der Waals surface area contributed by atoms with E-state index in [2.05, 4.69) is 5.32 Å². The van der Waals surface area contributed by atoms with Crippen molar-refractivity contribution in [2.45, 2.75) is 36.9 Å². The molecule has 1 aliphatic heterocycles. The second-order valence-electron chi connectivity index (χ2n) is 5.09. The van der Waals surface area contributed by atoms with E-state index in [-0.39, 0.29) is 17.0 Å². The molecule has 0 radical (unpaired) electrons. The van der Waals surface area contributed by atoms with Crippen LogP contribution < -0.4 is 11.1 Å². The maximum absolute atomic E-state index is 13.0. The molecule has 1 fully saturated rings. The molecule has 21 heavy (non-hydrogen) atoms. The summed E-state index contributed by atoms with van der Waals surface area (Å²) in [6.07, 6.45) is 0.571. The van der Waals surface area contributed by atoms with Crippen molar-refractivity contribution in [3.8, 4) is 0 Å². The summed E-state index contributed by atoms with van der Waals surface area (Å²) in [4.78, 5) is 12.2. The maximum atomic E-state index is 13.0. The largest absolute Gasteiger partial charge is 0.397 e. The van der Waals surface area contributed by atoms with Gasteiger partial charge in [-0.3, -0.25) is 9.00 Å². The Labute approximate surface area is 125 Å². The van der Waals surface area contributed by atoms with E-state index in [1.807, 2.05) is 6.92 Å². The van der Waals surface area contributed by atoms with Gasteiger partial charge < -0.3 is 15.8 Å². The second kappa shape index (κ2) is 6.53. The zero-order valence-electron chi connectivity index (χ0n) is 12.0. The van der Waals surface area contributed by atoms with Crippen LogP contribution in [0, 0.1) is 5.82 Å². The molecule has 0 aromatic heterocycles. The van der Waals surface area contributed by atoms with Gasteiger partial charge in [0.2, 0.25) is 5.91 Å². The number of nitrogens with one attached hydrogen (secondary N) is 1. The first-order chi connectivity index (χ1) is 9.90. The summed E-state index contributed by atoms with van der Waals surface area (Å²) >= 11 is 0. The predicted molar refractivity (Wildman–Crippen MR) is 80.9 cm³/mol. The van der Waals surface area contributed by atoms with E-state index in [4.69, 9.17) is 10.5 Å². The fourth-order valence-electron chi connectivity index (χ4n) is 2.27. The standard InChI is InChI=1S/C14H19FN2O3S/c1-8-13(5-6-20-8)21(19)9(2)14(18)17-12-4-3-10(15)7-11(12)16/h3-4,7-9,13H,5-6,16H2,1-2H3,(H,17,18). The molecule has 1 aliphatic rings. The van der Waals surface area contributed by atoms with Gasteiger partial charge in [0.05, 0.1) is 22.7 Å². The number of benzene rings is 1. The average molecular weight is 314 g/mol. The first-order valence-corrected chi connectivity index (χ1v) is 8.04. The van der Waals surface area contributed by atoms with Gasteiger partial charge in [0.1, 0.15) is 11.1 Å². The lowest BCUT2D eigenvalue weighted by Crippen LogP contribution is -2.37. The monoisotopic (exact) mass is 314 g/mol. The van der Waals surface area contributed by atoms with Gasteiger partial charge >= 0.3 is 0 Å². The normalized spacial score (nSPS) is 24.5. The second-order valence-corrected chi connectivity index (χ2v) is 7.06. The summed E-state index contributed by atoms with van der Waals surface area (Å²) in [6, 6.07) is 3.73. The van der Waals surface area contributed by atoms with Crippen LogP contribution in [0.4, 0.5) is 15.8 Å². The third-order valence-electron chi connectivity index (χ3n) is 3.59. The zero-order valence-corrected chi connectivity index (χ0v) is 12.8. The van der Waals surface area contributed by atoms with Crippen LogP contribution in [0.1, 0.15) is 20.3 Å². The van der Waals surface area contributed by atoms with Gasteiger partial charge in [0.15, 0.2) is 0 Å². The van der Waals surface area contributed by atoms with Crippen LogP contribution in [0.15, 0.2) is 18.2 Å². The average Bonchev–Trinajstić information content (AvgIpc) is 2.86. The van der Waals surface area contributed by atoms with Crippen LogP contribution in [-0.4, -0.2) is 33.3 Å². The van der Waals surface area contributed by atoms with E-state index in [0.29, 0.717) is 18.7 Å². The number of anilines is 2. The van der Waals surface area contributed by atoms with Crippen molar-refractivity contribution in [2.75, 3.05) is 17.7 Å². The molecule has 0 aliphatic carbocycles. The molecule has 1 aromatic rings. The molecule has 0 saturated carbocycles. The van der Waals surface area contributed by atoms with Gasteiger partial charge in [-0.25, -0.2) is 4.39 Å². The Morgan fingerprint density at radius 3 is 2.86 bits per heavy atom. The van der Waals surface area contributed by atoms with Gasteiger partial charge in [-0.15, -0.1) is 0 Å². The molecule has 1 aromatic carbocycles. The minimum absolute atomic E-state index is 0.114. The lowest BCUT2D eigenvalue weighted by atomic mass is 10.2. The number of nitrogen functional groups attached to an aromatic ring is 1. The Morgan fingerprint density at radius 1 is 1.57 bits per heavy atom. The molecule has 116 valence electrons. The van der Waals surface area contributed by atoms with Crippen molar-refractivity contribution in [2.24, 2.45) is 0 Å². The summed E-state index contributed by atoms with van der Waals surface area (Å²) in [5, 5.41) is 1.76. The molecular formula is C14H19FN2O3S. The number of amides is 1. The van der Waals surface area contributed by atoms with Crippen LogP contribution >= 0.6 is 0 Å². The van der Waals surface area contributed by atoms with Crippen molar-refractivity contribution < 1.29 is 18.1 Å². The Kier molecular flexibility index (Phi) is 4.95. The van der Waals surface area contributed by atoms with Crippen molar-refractivity contribution in [1.29, 1.82) is 0 Å². The smallest absolute Gasteiger partial charge is 0.239 e. The van der Waals surface area contributed by atoms with Gasteiger partial charge in [0.25, 0.3) is 0 Å². The lowest BCUT2D eigenvalue weighted by Gasteiger charge is -2.19. The molecule has 4 unspecified atom stereocenters. The number of rotatable bonds is 4. The minimum atomic E-state index is -1.34. The van der Waals surface area contributed by atoms with E-state index in [1.165, 1.54) is 12.1 Å². The van der Waals surface area contributed by atoms with Crippen molar-refractivity contribution in [1.82, 2.24) is 0 Å². The van der Waals surface area contributed by atoms with Gasteiger partial charge in [0, 0.05) is 17.4 Å². The molecule has 7 heteroatoms. The van der Waals surface area contributed by atoms with Crippen LogP contribution in [0.2, 0.25) is 0 Å². The van der Waals surface area contributed by atoms with Crippen LogP contribution in [0.5, 0.6) is 0 Å². The Morgan fingerprint density at radius 2 is 2.29 bits per heavy atom. The molecule has 1 amide bonds. The van der Waals surface area contributed by atoms with Gasteiger partial charge in [-0.05, 0) is 38.5 Å². The Balaban J connectivity index is 2.03. The van der Waals surface area contributed by atoms with Gasteiger partial charge in [-0.1, -0.05) is 0 Å². The molecule has 3 N–H and O–H groups in total. The van der Waals surface area contributed by atoms with E-state index in [9.17, 15) is 13.4 Å². The van der Waals surface area contributed by atoms with E-state index >= 15 is 0 Å². The van der Waals surface area contributed by atoms with Crippen LogP contribution in [0.25, 0.3) is 0 Å². The van der Waals surface area contributed by atoms with Crippen LogP contribution in [0.3, 0.4) is 0 Å². The van der Waals surface area contributed by atoms with Crippen molar-refractivity contribution in [3.05, 3.63) is 24.0 Å². The third kappa shape index (κ3) is 3.59. The maximum Gasteiger partial charge on any atom is 0.239 e. The van der Waals surface area contributed by atoms with Crippen LogP contribution in [-0.2, 0) is 20.3 Å². The number of halogens is 1. The first kappa shape index (κ1) is 15.9. The molecule has 2 rings (SSSR count). The molecule has 4 atom stereocenters. The highest BCUT2D eigenvalue weighted by atomic mass is 32.2. The first-order valence-electron chi connectivity index (χ1n) is 6.77. The summed E-state index contributed by atoms with van der Waals surface area (Å²) in [7, 11) is -1.34. The van der Waals surface area contributed by atoms with Crippen molar-refractivity contribution >= 4 is 28.1 Å². The lowest BCUT2D eigenvalue weighted by molar-refractivity contribution is -0.115. The quantitative estimate of drug-likeness (QED) is 0.828. The van der Waals surface area contributed by atoms with Gasteiger partial charge in [-0.2, -0.15) is 0 Å². The SMILES string of the molecule is CC1OCCC1S(=O)C(C)C(=O)Nc1ccc(F)cc1N. The minimum Gasteiger partial charge on any atom is -0.397 e. The number of hydrogen-bond acceptors (Lipinski definition) is 4. The highest BCUT2D eigenvalue weighted by Gasteiger charge is 2.34. The zero-order chi connectivity index (χ0) is 15.6. The molecule has 1 saturated heterocycles. The number of carbonyl (C=O) groups is 1. The Hall–Kier alpha value is -1.47. The van der Waals surface area contributed by atoms with E-state index in [1.54, 1.807) is 6.92 Å². The highest BCUT2D eigenvalue weighted by molar-refractivity contribution is 7.87. The topological polar surface area (TPSA) is 81.4 Å². The number of nitrogens with two attached hydrogens (primary N) is 1. The molecular weight excluding hydrogens is 295 g/mol. The number of ether oxygens (including phenoxy) is 1. The number of carbonyl (C=O) groups excluding carboxylic acids is 1.